The van der Waals surface area contributed by atoms with E-state index in [4.69, 9.17) is 5.84 Å². The van der Waals surface area contributed by atoms with Crippen LogP contribution in [-0.4, -0.2) is 23.9 Å². The van der Waals surface area contributed by atoms with Gasteiger partial charge in [0.05, 0.1) is 11.8 Å². The number of likely N-dealkylation sites (N-methyl/N-ethyl adjacent to an activating group) is 1. The molecule has 96 valence electrons. The number of carbonyl (C=O) groups excluding carboxylic acids is 2. The molecule has 0 saturated carbocycles. The Labute approximate surface area is 106 Å². The van der Waals surface area contributed by atoms with Gasteiger partial charge in [0, 0.05) is 12.7 Å². The van der Waals surface area contributed by atoms with Gasteiger partial charge in [-0.1, -0.05) is 12.1 Å². The molecule has 18 heavy (non-hydrogen) atoms. The third kappa shape index (κ3) is 1.97. The number of hydrogen-bond donors (Lipinski definition) is 2. The number of fused-ring (bicyclic) bond motifs is 1. The molecule has 5 heteroatoms. The average Bonchev–Trinajstić information content (AvgIpc) is 2.66. The van der Waals surface area contributed by atoms with E-state index >= 15 is 0 Å². The predicted molar refractivity (Wildman–Crippen MR) is 68.8 cm³/mol. The molecule has 0 spiro atoms. The van der Waals surface area contributed by atoms with Crippen LogP contribution < -0.4 is 11.2 Å². The maximum atomic E-state index is 12.0. The van der Waals surface area contributed by atoms with Gasteiger partial charge in [0.1, 0.15) is 0 Å². The van der Waals surface area contributed by atoms with Crippen molar-refractivity contribution in [2.75, 3.05) is 12.4 Å². The van der Waals surface area contributed by atoms with E-state index in [1.807, 2.05) is 32.0 Å². The second kappa shape index (κ2) is 4.10. The van der Waals surface area contributed by atoms with E-state index in [9.17, 15) is 9.59 Å². The SMILES string of the molecule is CN(N)C(=O)C(C)(C)c1ccc2c(c1)CC(=O)N2. The Kier molecular flexibility index (Phi) is 2.86. The van der Waals surface area contributed by atoms with E-state index in [1.54, 1.807) is 0 Å². The number of nitrogens with two attached hydrogens (primary N) is 1. The second-order valence-corrected chi connectivity index (χ2v) is 5.14. The highest BCUT2D eigenvalue weighted by atomic mass is 16.2. The van der Waals surface area contributed by atoms with Gasteiger partial charge in [0.15, 0.2) is 0 Å². The highest BCUT2D eigenvalue weighted by Gasteiger charge is 2.32. The zero-order chi connectivity index (χ0) is 13.5. The lowest BCUT2D eigenvalue weighted by atomic mass is 9.82. The average molecular weight is 247 g/mol. The number of hydrazine groups is 1. The number of carbonyl (C=O) groups is 2. The van der Waals surface area contributed by atoms with Crippen LogP contribution in [0.4, 0.5) is 5.69 Å². The van der Waals surface area contributed by atoms with Crippen LogP contribution in [0.5, 0.6) is 0 Å². The fourth-order valence-electron chi connectivity index (χ4n) is 2.18. The van der Waals surface area contributed by atoms with Crippen molar-refractivity contribution in [1.29, 1.82) is 0 Å². The van der Waals surface area contributed by atoms with Crippen LogP contribution in [0.3, 0.4) is 0 Å². The third-order valence-electron chi connectivity index (χ3n) is 3.31. The zero-order valence-electron chi connectivity index (χ0n) is 10.8. The summed E-state index contributed by atoms with van der Waals surface area (Å²) in [6.07, 6.45) is 0.367. The van der Waals surface area contributed by atoms with Gasteiger partial charge in [-0.15, -0.1) is 0 Å². The quantitative estimate of drug-likeness (QED) is 0.461. The van der Waals surface area contributed by atoms with E-state index in [2.05, 4.69) is 5.32 Å². The molecule has 0 unspecified atom stereocenters. The molecule has 2 amide bonds. The molecule has 1 aliphatic heterocycles. The predicted octanol–water partition coefficient (Wildman–Crippen LogP) is 0.791. The summed E-state index contributed by atoms with van der Waals surface area (Å²) in [4.78, 5) is 23.3. The summed E-state index contributed by atoms with van der Waals surface area (Å²) in [5.74, 6) is 5.33. The Morgan fingerprint density at radius 3 is 2.72 bits per heavy atom. The van der Waals surface area contributed by atoms with Crippen LogP contribution in [0.15, 0.2) is 18.2 Å². The summed E-state index contributed by atoms with van der Waals surface area (Å²) in [6.45, 7) is 3.65. The first kappa shape index (κ1) is 12.6. The molecular formula is C13H17N3O2. The molecule has 0 bridgehead atoms. The minimum Gasteiger partial charge on any atom is -0.326 e. The number of hydrogen-bond acceptors (Lipinski definition) is 3. The maximum Gasteiger partial charge on any atom is 0.246 e. The van der Waals surface area contributed by atoms with E-state index in [-0.39, 0.29) is 11.8 Å². The molecule has 1 heterocycles. The largest absolute Gasteiger partial charge is 0.326 e. The standard InChI is InChI=1S/C13H17N3O2/c1-13(2,12(18)16(3)14)9-4-5-10-8(6-9)7-11(17)15-10/h4-6H,7,14H2,1-3H3,(H,15,17). The lowest BCUT2D eigenvalue weighted by Gasteiger charge is -2.27. The van der Waals surface area contributed by atoms with Crippen molar-refractivity contribution >= 4 is 17.5 Å². The normalized spacial score (nSPS) is 14.1. The molecule has 0 saturated heterocycles. The first-order valence-electron chi connectivity index (χ1n) is 5.78. The van der Waals surface area contributed by atoms with Crippen molar-refractivity contribution in [3.63, 3.8) is 0 Å². The molecule has 3 N–H and O–H groups in total. The van der Waals surface area contributed by atoms with Crippen LogP contribution in [0.1, 0.15) is 25.0 Å². The van der Waals surface area contributed by atoms with Crippen molar-refractivity contribution in [3.05, 3.63) is 29.3 Å². The number of amides is 2. The van der Waals surface area contributed by atoms with Crippen molar-refractivity contribution < 1.29 is 9.59 Å². The molecule has 0 aromatic heterocycles. The molecule has 0 aliphatic carbocycles. The monoisotopic (exact) mass is 247 g/mol. The minimum absolute atomic E-state index is 0.0118. The van der Waals surface area contributed by atoms with Crippen LogP contribution in [0.2, 0.25) is 0 Å². The van der Waals surface area contributed by atoms with Gasteiger partial charge in [-0.05, 0) is 31.0 Å². The molecule has 0 radical (unpaired) electrons. The number of benzene rings is 1. The van der Waals surface area contributed by atoms with Gasteiger partial charge in [-0.3, -0.25) is 14.6 Å². The summed E-state index contributed by atoms with van der Waals surface area (Å²) < 4.78 is 0. The topological polar surface area (TPSA) is 75.4 Å². The van der Waals surface area contributed by atoms with E-state index in [0.29, 0.717) is 6.42 Å². The van der Waals surface area contributed by atoms with E-state index in [1.165, 1.54) is 7.05 Å². The van der Waals surface area contributed by atoms with Gasteiger partial charge in [-0.25, -0.2) is 5.84 Å². The van der Waals surface area contributed by atoms with Crippen molar-refractivity contribution in [2.24, 2.45) is 5.84 Å². The highest BCUT2D eigenvalue weighted by molar-refractivity contribution is 5.99. The van der Waals surface area contributed by atoms with Crippen LogP contribution >= 0.6 is 0 Å². The van der Waals surface area contributed by atoms with Gasteiger partial charge < -0.3 is 5.32 Å². The number of anilines is 1. The van der Waals surface area contributed by atoms with Crippen LogP contribution in [0.25, 0.3) is 0 Å². The summed E-state index contributed by atoms with van der Waals surface area (Å²) in [5, 5.41) is 3.86. The number of nitrogens with one attached hydrogen (secondary N) is 1. The molecule has 1 aliphatic rings. The van der Waals surface area contributed by atoms with Crippen LogP contribution in [-0.2, 0) is 21.4 Å². The van der Waals surface area contributed by atoms with Gasteiger partial charge in [0.2, 0.25) is 11.8 Å². The first-order chi connectivity index (χ1) is 8.32. The number of rotatable bonds is 2. The molecule has 1 aromatic rings. The lowest BCUT2D eigenvalue weighted by Crippen LogP contribution is -2.45. The Hall–Kier alpha value is -1.88. The molecule has 5 nitrogen and oxygen atoms in total. The fraction of sp³-hybridized carbons (Fsp3) is 0.385. The molecule has 1 aromatic carbocycles. The van der Waals surface area contributed by atoms with Gasteiger partial charge in [-0.2, -0.15) is 0 Å². The summed E-state index contributed by atoms with van der Waals surface area (Å²) in [7, 11) is 1.53. The van der Waals surface area contributed by atoms with E-state index in [0.717, 1.165) is 21.8 Å². The highest BCUT2D eigenvalue weighted by Crippen LogP contribution is 2.31. The Balaban J connectivity index is 2.38. The Morgan fingerprint density at radius 2 is 2.11 bits per heavy atom. The maximum absolute atomic E-state index is 12.0. The molecular weight excluding hydrogens is 230 g/mol. The van der Waals surface area contributed by atoms with Crippen LogP contribution in [0, 0.1) is 0 Å². The molecule has 0 fully saturated rings. The third-order valence-corrected chi connectivity index (χ3v) is 3.31. The van der Waals surface area contributed by atoms with Gasteiger partial charge in [0.25, 0.3) is 0 Å². The van der Waals surface area contributed by atoms with Crippen molar-refractivity contribution in [2.45, 2.75) is 25.7 Å². The summed E-state index contributed by atoms with van der Waals surface area (Å²) in [6, 6.07) is 5.58. The molecule has 2 rings (SSSR count). The first-order valence-corrected chi connectivity index (χ1v) is 5.78. The van der Waals surface area contributed by atoms with Crippen molar-refractivity contribution in [1.82, 2.24) is 5.01 Å². The zero-order valence-corrected chi connectivity index (χ0v) is 10.8. The molecule has 0 atom stereocenters. The van der Waals surface area contributed by atoms with E-state index < -0.39 is 5.41 Å². The number of nitrogens with zero attached hydrogens (tertiary/aromatic N) is 1. The Morgan fingerprint density at radius 1 is 1.44 bits per heavy atom. The second-order valence-electron chi connectivity index (χ2n) is 5.14. The Bertz CT molecular complexity index is 521. The lowest BCUT2D eigenvalue weighted by molar-refractivity contribution is -0.135. The van der Waals surface area contributed by atoms with Crippen molar-refractivity contribution in [3.8, 4) is 0 Å². The summed E-state index contributed by atoms with van der Waals surface area (Å²) >= 11 is 0. The fourth-order valence-corrected chi connectivity index (χ4v) is 2.18. The van der Waals surface area contributed by atoms with Gasteiger partial charge >= 0.3 is 0 Å². The summed E-state index contributed by atoms with van der Waals surface area (Å²) in [5.41, 5.74) is 1.91. The minimum atomic E-state index is -0.704. The smallest absolute Gasteiger partial charge is 0.246 e.